The number of benzene rings is 1. The van der Waals surface area contributed by atoms with Crippen LogP contribution in [0.2, 0.25) is 5.02 Å². The number of hydrogen-bond donors (Lipinski definition) is 2. The molecule has 0 saturated heterocycles. The van der Waals surface area contributed by atoms with Crippen molar-refractivity contribution in [2.75, 3.05) is 13.6 Å². The van der Waals surface area contributed by atoms with Gasteiger partial charge in [-0.15, -0.1) is 0 Å². The molecule has 0 saturated carbocycles. The van der Waals surface area contributed by atoms with Gasteiger partial charge in [-0.05, 0) is 38.0 Å². The minimum Gasteiger partial charge on any atom is -0.356 e. The Morgan fingerprint density at radius 1 is 1.37 bits per heavy atom. The molecule has 0 heterocycles. The summed E-state index contributed by atoms with van der Waals surface area (Å²) in [5, 5.41) is 7.38. The fraction of sp³-hybridized carbons (Fsp3) is 0.400. The molecule has 0 fully saturated rings. The van der Waals surface area contributed by atoms with Crippen molar-refractivity contribution in [1.29, 1.82) is 0 Å². The van der Waals surface area contributed by atoms with Gasteiger partial charge in [0.2, 0.25) is 0 Å². The predicted molar refractivity (Wildman–Crippen MR) is 83.8 cm³/mol. The molecule has 0 amide bonds. The number of rotatable bonds is 5. The normalized spacial score (nSPS) is 13.6. The van der Waals surface area contributed by atoms with Gasteiger partial charge in [0, 0.05) is 18.6 Å². The summed E-state index contributed by atoms with van der Waals surface area (Å²) in [4.78, 5) is 4.21. The van der Waals surface area contributed by atoms with Crippen LogP contribution >= 0.6 is 11.6 Å². The highest BCUT2D eigenvalue weighted by Crippen LogP contribution is 2.15. The average molecular weight is 280 g/mol. The van der Waals surface area contributed by atoms with Gasteiger partial charge in [-0.2, -0.15) is 0 Å². The first-order valence-electron chi connectivity index (χ1n) is 6.51. The van der Waals surface area contributed by atoms with Crippen LogP contribution in [0.1, 0.15) is 31.9 Å². The van der Waals surface area contributed by atoms with E-state index in [2.05, 4.69) is 28.6 Å². The minimum absolute atomic E-state index is 0.185. The van der Waals surface area contributed by atoms with Crippen LogP contribution in [-0.2, 0) is 0 Å². The topological polar surface area (TPSA) is 36.4 Å². The Hall–Kier alpha value is -1.48. The van der Waals surface area contributed by atoms with Gasteiger partial charge < -0.3 is 10.6 Å². The molecule has 0 aliphatic rings. The molecule has 1 unspecified atom stereocenters. The van der Waals surface area contributed by atoms with Crippen LogP contribution in [0.25, 0.3) is 0 Å². The lowest BCUT2D eigenvalue weighted by Crippen LogP contribution is -2.39. The zero-order valence-corrected chi connectivity index (χ0v) is 12.5. The molecular formula is C15H22ClN3. The average Bonchev–Trinajstić information content (AvgIpc) is 2.42. The van der Waals surface area contributed by atoms with E-state index in [4.69, 9.17) is 11.6 Å². The fourth-order valence-electron chi connectivity index (χ4n) is 1.68. The molecule has 3 nitrogen and oxygen atoms in total. The Kier molecular flexibility index (Phi) is 7.04. The number of guanidine groups is 1. The van der Waals surface area contributed by atoms with E-state index >= 15 is 0 Å². The molecule has 1 aromatic rings. The summed E-state index contributed by atoms with van der Waals surface area (Å²) in [6, 6.07) is 8.03. The molecule has 0 aromatic heterocycles. The fourth-order valence-corrected chi connectivity index (χ4v) is 1.80. The third-order valence-corrected chi connectivity index (χ3v) is 3.04. The summed E-state index contributed by atoms with van der Waals surface area (Å²) in [6.07, 6.45) is 5.17. The molecule has 0 radical (unpaired) electrons. The molecule has 4 heteroatoms. The van der Waals surface area contributed by atoms with Crippen LogP contribution in [0.3, 0.4) is 0 Å². The van der Waals surface area contributed by atoms with Crippen molar-refractivity contribution in [2.24, 2.45) is 4.99 Å². The first kappa shape index (κ1) is 15.6. The van der Waals surface area contributed by atoms with Crippen molar-refractivity contribution < 1.29 is 0 Å². The van der Waals surface area contributed by atoms with Crippen molar-refractivity contribution in [3.05, 3.63) is 47.0 Å². The van der Waals surface area contributed by atoms with Crippen molar-refractivity contribution in [3.8, 4) is 0 Å². The molecule has 2 N–H and O–H groups in total. The van der Waals surface area contributed by atoms with Crippen LogP contribution in [0.4, 0.5) is 0 Å². The third-order valence-electron chi connectivity index (χ3n) is 2.79. The second-order valence-electron chi connectivity index (χ2n) is 4.27. The largest absolute Gasteiger partial charge is 0.356 e. The molecule has 0 aliphatic heterocycles. The molecule has 0 bridgehead atoms. The van der Waals surface area contributed by atoms with E-state index in [1.807, 2.05) is 37.3 Å². The summed E-state index contributed by atoms with van der Waals surface area (Å²) >= 11 is 5.88. The van der Waals surface area contributed by atoms with E-state index in [1.54, 1.807) is 7.05 Å². The van der Waals surface area contributed by atoms with Crippen molar-refractivity contribution in [1.82, 2.24) is 10.6 Å². The molecule has 0 aliphatic carbocycles. The lowest BCUT2D eigenvalue weighted by Gasteiger charge is -2.18. The second kappa shape index (κ2) is 8.59. The number of hydrogen-bond acceptors (Lipinski definition) is 1. The van der Waals surface area contributed by atoms with E-state index in [0.717, 1.165) is 23.9 Å². The first-order valence-corrected chi connectivity index (χ1v) is 6.89. The van der Waals surface area contributed by atoms with Gasteiger partial charge in [0.1, 0.15) is 0 Å². The summed E-state index contributed by atoms with van der Waals surface area (Å²) in [6.45, 7) is 5.00. The lowest BCUT2D eigenvalue weighted by atomic mass is 10.1. The van der Waals surface area contributed by atoms with E-state index < -0.39 is 0 Å². The van der Waals surface area contributed by atoms with Crippen molar-refractivity contribution in [3.63, 3.8) is 0 Å². The Morgan fingerprint density at radius 2 is 2.05 bits per heavy atom. The monoisotopic (exact) mass is 279 g/mol. The van der Waals surface area contributed by atoms with E-state index in [-0.39, 0.29) is 6.04 Å². The molecular weight excluding hydrogens is 258 g/mol. The van der Waals surface area contributed by atoms with Gasteiger partial charge >= 0.3 is 0 Å². The Bertz CT molecular complexity index is 424. The molecule has 1 atom stereocenters. The van der Waals surface area contributed by atoms with Crippen LogP contribution in [0, 0.1) is 0 Å². The third kappa shape index (κ3) is 5.79. The van der Waals surface area contributed by atoms with Crippen molar-refractivity contribution >= 4 is 17.6 Å². The maximum Gasteiger partial charge on any atom is 0.191 e. The SMILES string of the molecule is C/C=C/CCNC(=NC)NC(C)c1ccc(Cl)cc1. The second-order valence-corrected chi connectivity index (χ2v) is 4.71. The van der Waals surface area contributed by atoms with Gasteiger partial charge in [-0.3, -0.25) is 4.99 Å². The van der Waals surface area contributed by atoms with Gasteiger partial charge in [-0.25, -0.2) is 0 Å². The number of allylic oxidation sites excluding steroid dienone is 1. The minimum atomic E-state index is 0.185. The van der Waals surface area contributed by atoms with E-state index in [0.29, 0.717) is 0 Å². The van der Waals surface area contributed by atoms with Crippen LogP contribution in [0.5, 0.6) is 0 Å². The maximum atomic E-state index is 5.88. The Balaban J connectivity index is 2.49. The zero-order valence-electron chi connectivity index (χ0n) is 11.8. The van der Waals surface area contributed by atoms with Crippen LogP contribution in [-0.4, -0.2) is 19.6 Å². The number of nitrogens with zero attached hydrogens (tertiary/aromatic N) is 1. The molecule has 19 heavy (non-hydrogen) atoms. The van der Waals surface area contributed by atoms with Gasteiger partial charge in [0.15, 0.2) is 5.96 Å². The zero-order chi connectivity index (χ0) is 14.1. The van der Waals surface area contributed by atoms with Crippen LogP contribution < -0.4 is 10.6 Å². The lowest BCUT2D eigenvalue weighted by molar-refractivity contribution is 0.686. The van der Waals surface area contributed by atoms with Gasteiger partial charge in [0.05, 0.1) is 6.04 Å². The quantitative estimate of drug-likeness (QED) is 0.374. The summed E-state index contributed by atoms with van der Waals surface area (Å²) in [7, 11) is 1.78. The predicted octanol–water partition coefficient (Wildman–Crippen LogP) is 3.53. The van der Waals surface area contributed by atoms with Gasteiger partial charge in [-0.1, -0.05) is 35.9 Å². The summed E-state index contributed by atoms with van der Waals surface area (Å²) < 4.78 is 0. The Labute approximate surface area is 120 Å². The molecule has 0 spiro atoms. The van der Waals surface area contributed by atoms with Gasteiger partial charge in [0.25, 0.3) is 0 Å². The number of aliphatic imine (C=N–C) groups is 1. The van der Waals surface area contributed by atoms with Crippen LogP contribution in [0.15, 0.2) is 41.4 Å². The standard InChI is InChI=1S/C15H22ClN3/c1-4-5-6-11-18-15(17-3)19-12(2)13-7-9-14(16)10-8-13/h4-5,7-10,12H,6,11H2,1-3H3,(H2,17,18,19)/b5-4+. The molecule has 104 valence electrons. The molecule has 1 aromatic carbocycles. The Morgan fingerprint density at radius 3 is 2.63 bits per heavy atom. The number of nitrogens with one attached hydrogen (secondary N) is 2. The van der Waals surface area contributed by atoms with Crippen molar-refractivity contribution in [2.45, 2.75) is 26.3 Å². The highest BCUT2D eigenvalue weighted by atomic mass is 35.5. The first-order chi connectivity index (χ1) is 9.17. The summed E-state index contributed by atoms with van der Waals surface area (Å²) in [5.41, 5.74) is 1.18. The molecule has 1 rings (SSSR count). The van der Waals surface area contributed by atoms with E-state index in [1.165, 1.54) is 5.56 Å². The summed E-state index contributed by atoms with van der Waals surface area (Å²) in [5.74, 6) is 0.812. The maximum absolute atomic E-state index is 5.88. The smallest absolute Gasteiger partial charge is 0.191 e. The number of halogens is 1. The highest BCUT2D eigenvalue weighted by molar-refractivity contribution is 6.30. The van der Waals surface area contributed by atoms with E-state index in [9.17, 15) is 0 Å². The highest BCUT2D eigenvalue weighted by Gasteiger charge is 2.06.